The van der Waals surface area contributed by atoms with Crippen LogP contribution >= 0.6 is 0 Å². The van der Waals surface area contributed by atoms with E-state index in [-0.39, 0.29) is 17.9 Å². The van der Waals surface area contributed by atoms with E-state index in [1.807, 2.05) is 4.90 Å². The van der Waals surface area contributed by atoms with Crippen molar-refractivity contribution in [1.29, 1.82) is 0 Å². The number of hydrogen-bond donors (Lipinski definition) is 2. The van der Waals surface area contributed by atoms with Gasteiger partial charge in [-0.25, -0.2) is 0 Å². The third-order valence-electron chi connectivity index (χ3n) is 3.98. The van der Waals surface area contributed by atoms with E-state index in [9.17, 15) is 9.90 Å². The molecule has 1 rings (SSSR count). The molecule has 1 fully saturated rings. The molecule has 0 saturated carbocycles. The Hall–Kier alpha value is -0.650. The highest BCUT2D eigenvalue weighted by Gasteiger charge is 2.25. The molecule has 5 heteroatoms. The van der Waals surface area contributed by atoms with E-state index < -0.39 is 0 Å². The van der Waals surface area contributed by atoms with E-state index in [0.29, 0.717) is 39.4 Å². The first-order chi connectivity index (χ1) is 8.67. The van der Waals surface area contributed by atoms with Crippen molar-refractivity contribution in [2.24, 2.45) is 5.41 Å². The first-order valence-corrected chi connectivity index (χ1v) is 6.84. The molecule has 0 aliphatic carbocycles. The SMILES string of the molecule is CCC(CC)(CO)CNCC(=O)N1CCOCC1. The molecule has 1 aliphatic heterocycles. The molecule has 0 aromatic carbocycles. The predicted octanol–water partition coefficient (Wildman–Crippen LogP) is 0.234. The highest BCUT2D eigenvalue weighted by atomic mass is 16.5. The zero-order valence-electron chi connectivity index (χ0n) is 11.6. The second-order valence-electron chi connectivity index (χ2n) is 4.96. The Morgan fingerprint density at radius 2 is 1.94 bits per heavy atom. The van der Waals surface area contributed by atoms with Gasteiger partial charge in [0.05, 0.1) is 19.8 Å². The molecule has 0 radical (unpaired) electrons. The maximum Gasteiger partial charge on any atom is 0.236 e. The Kier molecular flexibility index (Phi) is 6.60. The number of rotatable bonds is 7. The number of amides is 1. The third-order valence-corrected chi connectivity index (χ3v) is 3.98. The number of carbonyl (C=O) groups is 1. The van der Waals surface area contributed by atoms with Crippen molar-refractivity contribution in [1.82, 2.24) is 10.2 Å². The van der Waals surface area contributed by atoms with Gasteiger partial charge in [0, 0.05) is 31.7 Å². The largest absolute Gasteiger partial charge is 0.396 e. The van der Waals surface area contributed by atoms with E-state index in [0.717, 1.165) is 12.8 Å². The van der Waals surface area contributed by atoms with Crippen LogP contribution in [0.2, 0.25) is 0 Å². The third kappa shape index (κ3) is 4.23. The van der Waals surface area contributed by atoms with Crippen molar-refractivity contribution in [3.63, 3.8) is 0 Å². The highest BCUT2D eigenvalue weighted by molar-refractivity contribution is 5.78. The van der Waals surface area contributed by atoms with Crippen LogP contribution in [-0.2, 0) is 9.53 Å². The number of aliphatic hydroxyl groups excluding tert-OH is 1. The van der Waals surface area contributed by atoms with Crippen LogP contribution in [0.5, 0.6) is 0 Å². The second kappa shape index (κ2) is 7.71. The molecule has 0 spiro atoms. The van der Waals surface area contributed by atoms with Gasteiger partial charge >= 0.3 is 0 Å². The Bertz CT molecular complexity index is 240. The number of aliphatic hydroxyl groups is 1. The summed E-state index contributed by atoms with van der Waals surface area (Å²) in [5, 5.41) is 12.6. The van der Waals surface area contributed by atoms with Gasteiger partial charge in [-0.05, 0) is 12.8 Å². The molecular formula is C13H26N2O3. The fourth-order valence-electron chi connectivity index (χ4n) is 2.14. The van der Waals surface area contributed by atoms with Crippen LogP contribution < -0.4 is 5.32 Å². The lowest BCUT2D eigenvalue weighted by atomic mass is 9.83. The van der Waals surface area contributed by atoms with Gasteiger partial charge in [0.1, 0.15) is 0 Å². The molecular weight excluding hydrogens is 232 g/mol. The Morgan fingerprint density at radius 1 is 1.33 bits per heavy atom. The number of ether oxygens (including phenoxy) is 1. The quantitative estimate of drug-likeness (QED) is 0.686. The standard InChI is InChI=1S/C13H26N2O3/c1-3-13(4-2,11-16)10-14-9-12(17)15-5-7-18-8-6-15/h14,16H,3-11H2,1-2H3. The second-order valence-corrected chi connectivity index (χ2v) is 4.96. The van der Waals surface area contributed by atoms with Gasteiger partial charge in [0.2, 0.25) is 5.91 Å². The van der Waals surface area contributed by atoms with Crippen LogP contribution in [0, 0.1) is 5.41 Å². The minimum atomic E-state index is -0.0920. The zero-order valence-corrected chi connectivity index (χ0v) is 11.6. The molecule has 0 atom stereocenters. The minimum absolute atomic E-state index is 0.0920. The van der Waals surface area contributed by atoms with Crippen molar-refractivity contribution in [3.05, 3.63) is 0 Å². The molecule has 0 bridgehead atoms. The van der Waals surface area contributed by atoms with E-state index in [1.54, 1.807) is 0 Å². The molecule has 5 nitrogen and oxygen atoms in total. The molecule has 1 heterocycles. The van der Waals surface area contributed by atoms with Crippen LogP contribution in [0.25, 0.3) is 0 Å². The molecule has 0 unspecified atom stereocenters. The summed E-state index contributed by atoms with van der Waals surface area (Å²) < 4.78 is 5.21. The van der Waals surface area contributed by atoms with Crippen molar-refractivity contribution < 1.29 is 14.6 Å². The first kappa shape index (κ1) is 15.4. The molecule has 1 amide bonds. The lowest BCUT2D eigenvalue weighted by molar-refractivity contribution is -0.134. The van der Waals surface area contributed by atoms with Gasteiger partial charge < -0.3 is 20.1 Å². The van der Waals surface area contributed by atoms with Gasteiger partial charge in [0.25, 0.3) is 0 Å². The van der Waals surface area contributed by atoms with Gasteiger partial charge in [-0.3, -0.25) is 4.79 Å². The fraction of sp³-hybridized carbons (Fsp3) is 0.923. The maximum absolute atomic E-state index is 11.9. The lowest BCUT2D eigenvalue weighted by Crippen LogP contribution is -2.46. The van der Waals surface area contributed by atoms with E-state index >= 15 is 0 Å². The van der Waals surface area contributed by atoms with E-state index in [4.69, 9.17) is 4.74 Å². The number of carbonyl (C=O) groups excluding carboxylic acids is 1. The molecule has 1 aliphatic rings. The summed E-state index contributed by atoms with van der Waals surface area (Å²) in [6, 6.07) is 0. The van der Waals surface area contributed by atoms with Crippen LogP contribution in [0.1, 0.15) is 26.7 Å². The first-order valence-electron chi connectivity index (χ1n) is 6.84. The van der Waals surface area contributed by atoms with Crippen LogP contribution in [0.15, 0.2) is 0 Å². The Balaban J connectivity index is 2.29. The number of morpholine rings is 1. The summed E-state index contributed by atoms with van der Waals surface area (Å²) in [7, 11) is 0. The maximum atomic E-state index is 11.9. The van der Waals surface area contributed by atoms with Gasteiger partial charge in [0.15, 0.2) is 0 Å². The van der Waals surface area contributed by atoms with E-state index in [1.165, 1.54) is 0 Å². The number of hydrogen-bond acceptors (Lipinski definition) is 4. The monoisotopic (exact) mass is 258 g/mol. The average molecular weight is 258 g/mol. The lowest BCUT2D eigenvalue weighted by Gasteiger charge is -2.31. The molecule has 106 valence electrons. The molecule has 0 aromatic rings. The smallest absolute Gasteiger partial charge is 0.236 e. The summed E-state index contributed by atoms with van der Waals surface area (Å²) in [6.45, 7) is 8.00. The summed E-state index contributed by atoms with van der Waals surface area (Å²) in [5.41, 5.74) is -0.0920. The summed E-state index contributed by atoms with van der Waals surface area (Å²) in [5.74, 6) is 0.123. The van der Waals surface area contributed by atoms with Crippen molar-refractivity contribution in [2.45, 2.75) is 26.7 Å². The van der Waals surface area contributed by atoms with Crippen LogP contribution in [0.4, 0.5) is 0 Å². The van der Waals surface area contributed by atoms with Crippen molar-refractivity contribution in [3.8, 4) is 0 Å². The van der Waals surface area contributed by atoms with E-state index in [2.05, 4.69) is 19.2 Å². The average Bonchev–Trinajstić information content (AvgIpc) is 2.45. The van der Waals surface area contributed by atoms with Crippen molar-refractivity contribution in [2.75, 3.05) is 46.0 Å². The highest BCUT2D eigenvalue weighted by Crippen LogP contribution is 2.24. The summed E-state index contributed by atoms with van der Waals surface area (Å²) >= 11 is 0. The van der Waals surface area contributed by atoms with Crippen LogP contribution in [0.3, 0.4) is 0 Å². The predicted molar refractivity (Wildman–Crippen MR) is 70.4 cm³/mol. The molecule has 0 aromatic heterocycles. The van der Waals surface area contributed by atoms with Gasteiger partial charge in [-0.2, -0.15) is 0 Å². The van der Waals surface area contributed by atoms with Crippen molar-refractivity contribution >= 4 is 5.91 Å². The minimum Gasteiger partial charge on any atom is -0.396 e. The molecule has 2 N–H and O–H groups in total. The summed E-state index contributed by atoms with van der Waals surface area (Å²) in [6.07, 6.45) is 1.83. The Morgan fingerprint density at radius 3 is 2.44 bits per heavy atom. The van der Waals surface area contributed by atoms with Gasteiger partial charge in [-0.15, -0.1) is 0 Å². The summed E-state index contributed by atoms with van der Waals surface area (Å²) in [4.78, 5) is 13.7. The van der Waals surface area contributed by atoms with Crippen LogP contribution in [-0.4, -0.2) is 61.9 Å². The molecule has 18 heavy (non-hydrogen) atoms. The normalized spacial score (nSPS) is 16.9. The fourth-order valence-corrected chi connectivity index (χ4v) is 2.14. The van der Waals surface area contributed by atoms with Gasteiger partial charge in [-0.1, -0.05) is 13.8 Å². The number of nitrogens with one attached hydrogen (secondary N) is 1. The Labute approximate surface area is 109 Å². The number of nitrogens with zero attached hydrogens (tertiary/aromatic N) is 1. The topological polar surface area (TPSA) is 61.8 Å². The zero-order chi connectivity index (χ0) is 13.4. The molecule has 1 saturated heterocycles.